The zero-order chi connectivity index (χ0) is 90.0. The summed E-state index contributed by atoms with van der Waals surface area (Å²) in [5, 5.41) is 8.87. The molecule has 13 heteroatoms. The lowest BCUT2D eigenvalue weighted by atomic mass is 9.49. The molecule has 129 heavy (non-hydrogen) atoms. The largest absolute Gasteiger partial charge is 0.481 e. The maximum absolute atomic E-state index is 13.6. The smallest absolute Gasteiger partial charge is 0.341 e. The van der Waals surface area contributed by atoms with Crippen LogP contribution in [0.1, 0.15) is 193 Å². The Kier molecular flexibility index (Phi) is 31.9. The van der Waals surface area contributed by atoms with Gasteiger partial charge in [0.25, 0.3) is 0 Å². The van der Waals surface area contributed by atoms with Gasteiger partial charge >= 0.3 is 23.9 Å². The van der Waals surface area contributed by atoms with Crippen LogP contribution in [-0.2, 0) is 62.8 Å². The van der Waals surface area contributed by atoms with Crippen LogP contribution in [0.5, 0.6) is 23.0 Å². The second-order valence-electron chi connectivity index (χ2n) is 37.3. The molecule has 8 bridgehead atoms. The van der Waals surface area contributed by atoms with Gasteiger partial charge in [-0.1, -0.05) is 197 Å². The Morgan fingerprint density at radius 3 is 0.791 bits per heavy atom. The van der Waals surface area contributed by atoms with Crippen LogP contribution in [-0.4, -0.2) is 35.6 Å². The third-order valence-electron chi connectivity index (χ3n) is 26.9. The number of aryl methyl sites for hydroxylation is 8. The average Bonchev–Trinajstić information content (AvgIpc) is 0.738. The zero-order valence-electron chi connectivity index (χ0n) is 76.8. The Morgan fingerprint density at radius 1 is 0.295 bits per heavy atom. The molecule has 0 aromatic heterocycles. The minimum absolute atomic E-state index is 0.0315. The lowest BCUT2D eigenvalue weighted by Gasteiger charge is -2.56. The van der Waals surface area contributed by atoms with Gasteiger partial charge in [-0.3, -0.25) is 14.4 Å². The van der Waals surface area contributed by atoms with E-state index in [1.165, 1.54) is 155 Å². The van der Waals surface area contributed by atoms with Crippen molar-refractivity contribution in [2.45, 2.75) is 262 Å². The topological polar surface area (TPSA) is 125 Å². The van der Waals surface area contributed by atoms with Gasteiger partial charge in [-0.2, -0.15) is 0 Å². The fourth-order valence-corrected chi connectivity index (χ4v) is 31.2. The second kappa shape index (κ2) is 44.1. The molecule has 0 spiro atoms. The van der Waals surface area contributed by atoms with E-state index in [-0.39, 0.29) is 78.9 Å². The first-order chi connectivity index (χ1) is 62.6. The SMILES string of the molecule is CCCCCCCCCCC(=O)Oc1c(C)cc([S+](c2ccccc2)c2ccccc2)cc1C.Cc1cc([S+](c2ccccc2)c2ccccc2)cc(C)c1OC(=O)C12CC3CC(CC(C3)C1)C2.Cc1cc([S+](c2ccccc2)c2ccccc2)cc(C)c1OC(=O)CC12CC3CC(CC(C3)C1)C2.Cc1cc([S+](c2ccccc2)c2ccccc2)cc(C)c1OCC(=O)O. The lowest BCUT2D eigenvalue weighted by Crippen LogP contribution is -2.51. The fraction of sp³-hybridized carbons (Fsp3) is 0.345. The number of hydrogen-bond donors (Lipinski definition) is 1. The molecule has 8 aliphatic carbocycles. The molecule has 0 radical (unpaired) electrons. The molecule has 8 fully saturated rings. The summed E-state index contributed by atoms with van der Waals surface area (Å²) in [5.74, 6) is 6.59. The summed E-state index contributed by atoms with van der Waals surface area (Å²) in [5.41, 5.74) is 8.11. The molecule has 9 nitrogen and oxygen atoms in total. The maximum Gasteiger partial charge on any atom is 0.341 e. The van der Waals surface area contributed by atoms with E-state index in [0.717, 1.165) is 129 Å². The number of carboxylic acids is 1. The quantitative estimate of drug-likeness (QED) is 0.0203. The maximum atomic E-state index is 13.6. The third kappa shape index (κ3) is 23.7. The number of unbranched alkanes of at least 4 members (excludes halogenated alkanes) is 7. The first-order valence-corrected chi connectivity index (χ1v) is 51.9. The summed E-state index contributed by atoms with van der Waals surface area (Å²) in [7, 11) is -0.847. The number of aliphatic carboxylic acids is 1. The van der Waals surface area contributed by atoms with Gasteiger partial charge in [0.15, 0.2) is 65.4 Å². The van der Waals surface area contributed by atoms with E-state index < -0.39 is 5.97 Å². The highest BCUT2D eigenvalue weighted by molar-refractivity contribution is 7.98. The van der Waals surface area contributed by atoms with Crippen LogP contribution in [0.15, 0.2) is 350 Å². The number of carbonyl (C=O) groups excluding carboxylic acids is 3. The van der Waals surface area contributed by atoms with Crippen molar-refractivity contribution in [2.24, 2.45) is 46.3 Å². The molecule has 0 amide bonds. The summed E-state index contributed by atoms with van der Waals surface area (Å²) in [6.07, 6.45) is 25.9. The minimum Gasteiger partial charge on any atom is -0.481 e. The molecule has 8 saturated carbocycles. The van der Waals surface area contributed by atoms with E-state index in [4.69, 9.17) is 24.1 Å². The molecule has 8 aliphatic rings. The van der Waals surface area contributed by atoms with Crippen molar-refractivity contribution in [1.82, 2.24) is 0 Å². The van der Waals surface area contributed by atoms with Gasteiger partial charge in [0, 0.05) is 55.0 Å². The highest BCUT2D eigenvalue weighted by Crippen LogP contribution is 2.63. The van der Waals surface area contributed by atoms with E-state index >= 15 is 0 Å². The summed E-state index contributed by atoms with van der Waals surface area (Å²) >= 11 is 0. The predicted molar refractivity (Wildman–Crippen MR) is 527 cm³/mol. The Balaban J connectivity index is 0.000000133. The second-order valence-corrected chi connectivity index (χ2v) is 45.4. The number of rotatable bonds is 30. The molecular formula is C116H128O9S4+4. The highest BCUT2D eigenvalue weighted by atomic mass is 32.2. The van der Waals surface area contributed by atoms with Crippen LogP contribution >= 0.6 is 0 Å². The van der Waals surface area contributed by atoms with Gasteiger partial charge in [0.1, 0.15) is 23.0 Å². The van der Waals surface area contributed by atoms with E-state index in [0.29, 0.717) is 18.6 Å². The molecular weight excluding hydrogens is 1670 g/mol. The van der Waals surface area contributed by atoms with Gasteiger partial charge in [-0.05, 0) is 321 Å². The summed E-state index contributed by atoms with van der Waals surface area (Å²) in [4.78, 5) is 65.4. The summed E-state index contributed by atoms with van der Waals surface area (Å²) in [6.45, 7) is 18.3. The number of hydrogen-bond acceptors (Lipinski definition) is 8. The predicted octanol–water partition coefficient (Wildman–Crippen LogP) is 29.1. The van der Waals surface area contributed by atoms with Crippen molar-refractivity contribution >= 4 is 67.5 Å². The van der Waals surface area contributed by atoms with E-state index in [1.54, 1.807) is 0 Å². The van der Waals surface area contributed by atoms with Crippen molar-refractivity contribution < 1.29 is 43.2 Å². The molecule has 0 atom stereocenters. The molecule has 20 rings (SSSR count). The Hall–Kier alpha value is -10.3. The zero-order valence-corrected chi connectivity index (χ0v) is 80.1. The Labute approximate surface area is 778 Å². The van der Waals surface area contributed by atoms with Crippen molar-refractivity contribution in [3.05, 3.63) is 336 Å². The Morgan fingerprint density at radius 2 is 0.527 bits per heavy atom. The van der Waals surface area contributed by atoms with Crippen LogP contribution in [0.3, 0.4) is 0 Å². The fourth-order valence-electron chi connectivity index (χ4n) is 22.1. The third-order valence-corrected chi connectivity index (χ3v) is 35.6. The van der Waals surface area contributed by atoms with Crippen molar-refractivity contribution in [3.8, 4) is 23.0 Å². The minimum atomic E-state index is -0.971. The van der Waals surface area contributed by atoms with Crippen molar-refractivity contribution in [3.63, 3.8) is 0 Å². The summed E-state index contributed by atoms with van der Waals surface area (Å²) < 4.78 is 23.7. The van der Waals surface area contributed by atoms with E-state index in [2.05, 4.69) is 314 Å². The van der Waals surface area contributed by atoms with Gasteiger partial charge in [0.05, 0.1) is 55.4 Å². The molecule has 0 unspecified atom stereocenters. The molecule has 666 valence electrons. The number of carboxylic acid groups (broad SMARTS) is 1. The van der Waals surface area contributed by atoms with E-state index in [1.807, 2.05) is 39.8 Å². The monoisotopic (exact) mass is 1790 g/mol. The number of benzene rings is 12. The molecule has 1 N–H and O–H groups in total. The van der Waals surface area contributed by atoms with Crippen molar-refractivity contribution in [2.75, 3.05) is 6.61 Å². The molecule has 12 aromatic rings. The molecule has 0 aliphatic heterocycles. The standard InChI is InChI=1S/C32H35O2S.C31H33O2S.C31H39O2S.C22H20O3S/c1-22-13-29(35(27-9-5-3-6-10-27)28-11-7-4-8-12-28)14-23(2)31(22)34-30(33)21-32-18-24-15-25(19-32)17-26(16-24)20-32;1-21-13-28(34(26-9-5-3-6-10-26)27-11-7-4-8-12-27)14-22(2)29(21)33-30(32)31-18-23-15-24(19-31)17-25(16-23)20-31;1-4-5-6-7-8-9-10-17-22-30(32)33-31-25(2)23-29(24-26(31)3)34(27-18-13-11-14-19-27)28-20-15-12-16-21-28;1-16-13-20(14-17(2)22(16)25-15-21(23)24)26(18-9-5-3-6-10-18)19-11-7-4-8-12-19/h3-14,24-26H,15-21H2,1-2H3;3-14,23-25H,15-20H2,1-2H3;11-16,18-21,23-24H,4-10,17,22H2,1-3H3;3-14H,15H2,1-2H3/q3*+1;/p+1. The van der Waals surface area contributed by atoms with Crippen LogP contribution in [0.25, 0.3) is 0 Å². The van der Waals surface area contributed by atoms with Gasteiger partial charge in [-0.25, -0.2) is 4.79 Å². The van der Waals surface area contributed by atoms with Gasteiger partial charge in [-0.15, -0.1) is 0 Å². The highest BCUT2D eigenvalue weighted by Gasteiger charge is 2.56. The van der Waals surface area contributed by atoms with Crippen molar-refractivity contribution in [1.29, 1.82) is 0 Å². The normalized spacial score (nSPS) is 19.5. The van der Waals surface area contributed by atoms with Gasteiger partial charge < -0.3 is 24.1 Å². The van der Waals surface area contributed by atoms with Crippen LogP contribution in [0, 0.1) is 102 Å². The molecule has 12 aromatic carbocycles. The van der Waals surface area contributed by atoms with Gasteiger partial charge in [0.2, 0.25) is 0 Å². The average molecular weight is 1790 g/mol. The first kappa shape index (κ1) is 93.4. The summed E-state index contributed by atoms with van der Waals surface area (Å²) in [6, 6.07) is 102. The van der Waals surface area contributed by atoms with Crippen LogP contribution in [0.2, 0.25) is 0 Å². The lowest BCUT2D eigenvalue weighted by molar-refractivity contribution is -0.161. The number of ether oxygens (including phenoxy) is 4. The molecule has 0 heterocycles. The van der Waals surface area contributed by atoms with E-state index in [9.17, 15) is 19.2 Å². The Bertz CT molecular complexity index is 5410. The number of carbonyl (C=O) groups is 4. The molecule has 0 saturated heterocycles. The first-order valence-electron chi connectivity index (χ1n) is 47.0. The van der Waals surface area contributed by atoms with Crippen LogP contribution < -0.4 is 18.9 Å². The number of esters is 3. The van der Waals surface area contributed by atoms with Crippen LogP contribution in [0.4, 0.5) is 0 Å².